The molecule has 0 radical (unpaired) electrons. The minimum absolute atomic E-state index is 0.557. The van der Waals surface area contributed by atoms with Gasteiger partial charge < -0.3 is 4.52 Å². The molecule has 0 aliphatic heterocycles. The smallest absolute Gasteiger partial charge is 0.393 e. The second-order valence-corrected chi connectivity index (χ2v) is 9.53. The van der Waals surface area contributed by atoms with E-state index in [0.29, 0.717) is 11.5 Å². The summed E-state index contributed by atoms with van der Waals surface area (Å²) in [4.78, 5) is 1.06. The van der Waals surface area contributed by atoms with Crippen molar-refractivity contribution in [2.45, 2.75) is 11.8 Å². The summed E-state index contributed by atoms with van der Waals surface area (Å²) in [6.07, 6.45) is 1.97. The SMILES string of the molecule is CCSP(=O)(Cl)Oc1cccc(SC)c1. The molecule has 1 unspecified atom stereocenters. The Hall–Kier alpha value is 0.240. The van der Waals surface area contributed by atoms with Gasteiger partial charge in [-0.3, -0.25) is 0 Å². The van der Waals surface area contributed by atoms with Crippen LogP contribution in [0.15, 0.2) is 29.2 Å². The van der Waals surface area contributed by atoms with Crippen LogP contribution in [0.4, 0.5) is 0 Å². The molecule has 84 valence electrons. The van der Waals surface area contributed by atoms with Gasteiger partial charge in [0.1, 0.15) is 5.75 Å². The Labute approximate surface area is 103 Å². The van der Waals surface area contributed by atoms with Gasteiger partial charge in [-0.1, -0.05) is 13.0 Å². The summed E-state index contributed by atoms with van der Waals surface area (Å²) in [5.41, 5.74) is 0. The number of rotatable bonds is 5. The van der Waals surface area contributed by atoms with Crippen LogP contribution in [0.3, 0.4) is 0 Å². The minimum atomic E-state index is -3.07. The molecule has 0 N–H and O–H groups in total. The van der Waals surface area contributed by atoms with E-state index in [0.717, 1.165) is 16.3 Å². The van der Waals surface area contributed by atoms with Gasteiger partial charge in [0.15, 0.2) is 0 Å². The van der Waals surface area contributed by atoms with Crippen molar-refractivity contribution in [2.75, 3.05) is 12.0 Å². The van der Waals surface area contributed by atoms with E-state index in [1.165, 1.54) is 0 Å². The van der Waals surface area contributed by atoms with Gasteiger partial charge in [0.25, 0.3) is 0 Å². The molecule has 1 aromatic rings. The lowest BCUT2D eigenvalue weighted by molar-refractivity contribution is 0.513. The molecular formula is C9H12ClO2PS2. The number of benzene rings is 1. The summed E-state index contributed by atoms with van der Waals surface area (Å²) in [6, 6.07) is 7.40. The predicted molar refractivity (Wildman–Crippen MR) is 70.4 cm³/mol. The Morgan fingerprint density at radius 2 is 2.27 bits per heavy atom. The van der Waals surface area contributed by atoms with Gasteiger partial charge in [-0.25, -0.2) is 4.57 Å². The van der Waals surface area contributed by atoms with Crippen molar-refractivity contribution in [3.63, 3.8) is 0 Å². The summed E-state index contributed by atoms with van der Waals surface area (Å²) in [5, 5.41) is 0. The highest BCUT2D eigenvalue weighted by molar-refractivity contribution is 8.63. The van der Waals surface area contributed by atoms with E-state index >= 15 is 0 Å². The molecule has 0 heterocycles. The lowest BCUT2D eigenvalue weighted by Gasteiger charge is -2.11. The Morgan fingerprint density at radius 3 is 2.87 bits per heavy atom. The van der Waals surface area contributed by atoms with Crippen LogP contribution >= 0.6 is 40.3 Å². The Kier molecular flexibility index (Phi) is 5.41. The maximum absolute atomic E-state index is 11.7. The second kappa shape index (κ2) is 6.09. The van der Waals surface area contributed by atoms with E-state index in [9.17, 15) is 4.57 Å². The van der Waals surface area contributed by atoms with Crippen molar-refractivity contribution < 1.29 is 9.09 Å². The fraction of sp³-hybridized carbons (Fsp3) is 0.333. The molecule has 0 fully saturated rings. The third-order valence-corrected chi connectivity index (χ3v) is 6.27. The van der Waals surface area contributed by atoms with E-state index < -0.39 is 5.92 Å². The van der Waals surface area contributed by atoms with Crippen LogP contribution < -0.4 is 4.52 Å². The molecule has 0 aromatic heterocycles. The second-order valence-electron chi connectivity index (χ2n) is 2.62. The molecule has 2 nitrogen and oxygen atoms in total. The van der Waals surface area contributed by atoms with Crippen molar-refractivity contribution in [1.29, 1.82) is 0 Å². The van der Waals surface area contributed by atoms with Crippen LogP contribution in [-0.4, -0.2) is 12.0 Å². The van der Waals surface area contributed by atoms with Gasteiger partial charge in [0.05, 0.1) is 0 Å². The largest absolute Gasteiger partial charge is 0.426 e. The molecule has 0 amide bonds. The van der Waals surface area contributed by atoms with E-state index in [1.54, 1.807) is 17.8 Å². The lowest BCUT2D eigenvalue weighted by Crippen LogP contribution is -1.84. The van der Waals surface area contributed by atoms with Crippen molar-refractivity contribution in [1.82, 2.24) is 0 Å². The quantitative estimate of drug-likeness (QED) is 0.567. The fourth-order valence-electron chi connectivity index (χ4n) is 0.964. The predicted octanol–water partition coefficient (Wildman–Crippen LogP) is 4.89. The molecule has 0 spiro atoms. The lowest BCUT2D eigenvalue weighted by atomic mass is 10.3. The Balaban J connectivity index is 2.75. The average Bonchev–Trinajstić information content (AvgIpc) is 2.17. The monoisotopic (exact) mass is 282 g/mol. The molecular weight excluding hydrogens is 271 g/mol. The molecule has 0 aliphatic carbocycles. The fourth-order valence-corrected chi connectivity index (χ4v) is 4.60. The van der Waals surface area contributed by atoms with Crippen LogP contribution in [0.5, 0.6) is 5.75 Å². The summed E-state index contributed by atoms with van der Waals surface area (Å²) in [6.45, 7) is 1.89. The first-order valence-corrected chi connectivity index (χ1v) is 9.70. The van der Waals surface area contributed by atoms with Gasteiger partial charge in [-0.2, -0.15) is 0 Å². The van der Waals surface area contributed by atoms with Crippen LogP contribution in [0.1, 0.15) is 6.92 Å². The van der Waals surface area contributed by atoms with Crippen LogP contribution in [0.25, 0.3) is 0 Å². The number of hydrogen-bond acceptors (Lipinski definition) is 4. The maximum Gasteiger partial charge on any atom is 0.393 e. The van der Waals surface area contributed by atoms with Crippen molar-refractivity contribution in [3.05, 3.63) is 24.3 Å². The zero-order chi connectivity index (χ0) is 11.3. The molecule has 0 saturated heterocycles. The first-order chi connectivity index (χ1) is 7.07. The summed E-state index contributed by atoms with van der Waals surface area (Å²) < 4.78 is 16.9. The van der Waals surface area contributed by atoms with E-state index in [4.69, 9.17) is 15.8 Å². The zero-order valence-corrected chi connectivity index (χ0v) is 11.8. The molecule has 1 atom stereocenters. The maximum atomic E-state index is 11.7. The van der Waals surface area contributed by atoms with Crippen LogP contribution in [0.2, 0.25) is 0 Å². The summed E-state index contributed by atoms with van der Waals surface area (Å²) in [5.74, 6) is -1.84. The van der Waals surface area contributed by atoms with Crippen molar-refractivity contribution in [3.8, 4) is 5.75 Å². The molecule has 1 rings (SSSR count). The molecule has 15 heavy (non-hydrogen) atoms. The highest BCUT2D eigenvalue weighted by Crippen LogP contribution is 2.63. The normalized spacial score (nSPS) is 14.6. The van der Waals surface area contributed by atoms with Gasteiger partial charge in [0, 0.05) is 10.6 Å². The molecule has 0 saturated carbocycles. The average molecular weight is 283 g/mol. The Bertz CT molecular complexity index is 373. The van der Waals surface area contributed by atoms with Gasteiger partial charge in [-0.05, 0) is 47.1 Å². The molecule has 1 aromatic carbocycles. The summed E-state index contributed by atoms with van der Waals surface area (Å²) in [7, 11) is 0. The van der Waals surface area contributed by atoms with Gasteiger partial charge in [-0.15, -0.1) is 11.8 Å². The van der Waals surface area contributed by atoms with E-state index in [2.05, 4.69) is 0 Å². The first kappa shape index (κ1) is 13.3. The van der Waals surface area contributed by atoms with Crippen molar-refractivity contribution >= 4 is 40.3 Å². The standard InChI is InChI=1S/C9H12ClO2PS2/c1-3-15-13(10,11)12-8-5-4-6-9(7-8)14-2/h4-7H,3H2,1-2H3. The highest BCUT2D eigenvalue weighted by atomic mass is 35.7. The molecule has 0 aliphatic rings. The third-order valence-electron chi connectivity index (χ3n) is 1.54. The van der Waals surface area contributed by atoms with Crippen LogP contribution in [-0.2, 0) is 4.57 Å². The number of hydrogen-bond donors (Lipinski definition) is 0. The topological polar surface area (TPSA) is 26.3 Å². The summed E-state index contributed by atoms with van der Waals surface area (Å²) >= 11 is 8.49. The number of thioether (sulfide) groups is 1. The molecule has 6 heteroatoms. The van der Waals surface area contributed by atoms with Crippen LogP contribution in [0, 0.1) is 0 Å². The highest BCUT2D eigenvalue weighted by Gasteiger charge is 2.20. The first-order valence-electron chi connectivity index (χ1n) is 4.35. The van der Waals surface area contributed by atoms with Crippen molar-refractivity contribution in [2.24, 2.45) is 0 Å². The minimum Gasteiger partial charge on any atom is -0.426 e. The molecule has 0 bridgehead atoms. The van der Waals surface area contributed by atoms with E-state index in [1.807, 2.05) is 31.4 Å². The number of halogens is 1. The van der Waals surface area contributed by atoms with Gasteiger partial charge >= 0.3 is 5.92 Å². The zero-order valence-electron chi connectivity index (χ0n) is 8.47. The third kappa shape index (κ3) is 4.73. The van der Waals surface area contributed by atoms with E-state index in [-0.39, 0.29) is 0 Å². The van der Waals surface area contributed by atoms with Gasteiger partial charge in [0.2, 0.25) is 0 Å². The Morgan fingerprint density at radius 1 is 1.53 bits per heavy atom.